The molecule has 1 aliphatic carbocycles. The van der Waals surface area contributed by atoms with Crippen molar-refractivity contribution in [1.82, 2.24) is 10.2 Å². The molecule has 4 nitrogen and oxygen atoms in total. The quantitative estimate of drug-likeness (QED) is 0.786. The molecule has 1 heterocycles. The Morgan fingerprint density at radius 1 is 1.29 bits per heavy atom. The van der Waals surface area contributed by atoms with Gasteiger partial charge >= 0.3 is 0 Å². The third-order valence-corrected chi connectivity index (χ3v) is 5.90. The molecule has 2 fully saturated rings. The number of amides is 1. The van der Waals surface area contributed by atoms with Crippen molar-refractivity contribution in [2.24, 2.45) is 5.92 Å². The zero-order chi connectivity index (χ0) is 15.1. The molecule has 5 heteroatoms. The number of hydrogen-bond donors (Lipinski definition) is 2. The van der Waals surface area contributed by atoms with Gasteiger partial charge in [-0.2, -0.15) is 11.8 Å². The van der Waals surface area contributed by atoms with E-state index in [4.69, 9.17) is 0 Å². The molecule has 0 spiro atoms. The minimum Gasteiger partial charge on any atom is -0.396 e. The number of carbonyl (C=O) groups excluding carboxylic acids is 1. The summed E-state index contributed by atoms with van der Waals surface area (Å²) in [4.78, 5) is 14.8. The molecule has 0 aromatic rings. The van der Waals surface area contributed by atoms with Crippen molar-refractivity contribution in [3.63, 3.8) is 0 Å². The highest BCUT2D eigenvalue weighted by atomic mass is 32.2. The number of nitrogens with one attached hydrogen (secondary N) is 1. The Balaban J connectivity index is 1.86. The van der Waals surface area contributed by atoms with Gasteiger partial charge in [-0.3, -0.25) is 9.69 Å². The second-order valence-corrected chi connectivity index (χ2v) is 7.57. The van der Waals surface area contributed by atoms with Crippen LogP contribution in [0, 0.1) is 5.92 Å². The Morgan fingerprint density at radius 2 is 1.95 bits per heavy atom. The van der Waals surface area contributed by atoms with Gasteiger partial charge in [-0.1, -0.05) is 19.3 Å². The van der Waals surface area contributed by atoms with E-state index in [0.29, 0.717) is 12.3 Å². The highest BCUT2D eigenvalue weighted by Gasteiger charge is 2.28. The fraction of sp³-hybridized carbons (Fsp3) is 0.938. The minimum absolute atomic E-state index is 0.0457. The van der Waals surface area contributed by atoms with Gasteiger partial charge in [0.1, 0.15) is 0 Å². The van der Waals surface area contributed by atoms with Gasteiger partial charge < -0.3 is 10.4 Å². The van der Waals surface area contributed by atoms with Crippen molar-refractivity contribution in [1.29, 1.82) is 0 Å². The van der Waals surface area contributed by atoms with Crippen LogP contribution in [-0.2, 0) is 4.79 Å². The molecule has 0 radical (unpaired) electrons. The van der Waals surface area contributed by atoms with Crippen LogP contribution in [0.15, 0.2) is 0 Å². The van der Waals surface area contributed by atoms with Crippen molar-refractivity contribution >= 4 is 17.7 Å². The fourth-order valence-corrected chi connectivity index (χ4v) is 4.47. The number of nitrogens with zero attached hydrogens (tertiary/aromatic N) is 1. The molecule has 1 amide bonds. The first kappa shape index (κ1) is 17.1. The van der Waals surface area contributed by atoms with Crippen LogP contribution in [-0.4, -0.2) is 59.2 Å². The summed E-state index contributed by atoms with van der Waals surface area (Å²) in [6, 6.07) is 0.111. The maximum Gasteiger partial charge on any atom is 0.237 e. The summed E-state index contributed by atoms with van der Waals surface area (Å²) in [5, 5.41) is 12.5. The van der Waals surface area contributed by atoms with E-state index in [9.17, 15) is 9.90 Å². The lowest BCUT2D eigenvalue weighted by Gasteiger charge is -2.35. The highest BCUT2D eigenvalue weighted by molar-refractivity contribution is 7.99. The smallest absolute Gasteiger partial charge is 0.237 e. The summed E-state index contributed by atoms with van der Waals surface area (Å²) in [6.07, 6.45) is 6.93. The Kier molecular flexibility index (Phi) is 7.34. The predicted octanol–water partition coefficient (Wildman–Crippen LogP) is 1.87. The molecule has 122 valence electrons. The Bertz CT molecular complexity index is 315. The third kappa shape index (κ3) is 5.15. The molecule has 0 aromatic heterocycles. The zero-order valence-electron chi connectivity index (χ0n) is 13.2. The number of rotatable bonds is 6. The lowest BCUT2D eigenvalue weighted by molar-refractivity contribution is -0.127. The van der Waals surface area contributed by atoms with Gasteiger partial charge in [0.25, 0.3) is 0 Å². The second-order valence-electron chi connectivity index (χ2n) is 6.35. The van der Waals surface area contributed by atoms with Crippen molar-refractivity contribution in [3.05, 3.63) is 0 Å². The molecule has 2 N–H and O–H groups in total. The molecule has 1 saturated heterocycles. The van der Waals surface area contributed by atoms with Crippen molar-refractivity contribution in [3.8, 4) is 0 Å². The van der Waals surface area contributed by atoms with Crippen molar-refractivity contribution < 1.29 is 9.90 Å². The summed E-state index contributed by atoms with van der Waals surface area (Å²) in [7, 11) is 0. The molecule has 1 saturated carbocycles. The van der Waals surface area contributed by atoms with Gasteiger partial charge in [-0.25, -0.2) is 0 Å². The van der Waals surface area contributed by atoms with E-state index in [1.54, 1.807) is 0 Å². The Morgan fingerprint density at radius 3 is 2.57 bits per heavy atom. The van der Waals surface area contributed by atoms with Gasteiger partial charge in [-0.15, -0.1) is 0 Å². The average molecular weight is 314 g/mol. The Labute approximate surface area is 133 Å². The highest BCUT2D eigenvalue weighted by Crippen LogP contribution is 2.28. The first-order valence-corrected chi connectivity index (χ1v) is 9.61. The van der Waals surface area contributed by atoms with Gasteiger partial charge in [-0.05, 0) is 32.1 Å². The molecule has 2 aliphatic rings. The minimum atomic E-state index is -0.0457. The monoisotopic (exact) mass is 314 g/mol. The largest absolute Gasteiger partial charge is 0.396 e. The number of hydrogen-bond acceptors (Lipinski definition) is 4. The van der Waals surface area contributed by atoms with Crippen LogP contribution in [0.1, 0.15) is 45.4 Å². The summed E-state index contributed by atoms with van der Waals surface area (Å²) in [6.45, 7) is 4.19. The fourth-order valence-electron chi connectivity index (χ4n) is 3.54. The van der Waals surface area contributed by atoms with E-state index in [2.05, 4.69) is 10.2 Å². The first-order valence-electron chi connectivity index (χ1n) is 8.45. The number of carbonyl (C=O) groups is 1. The normalized spacial score (nSPS) is 24.5. The summed E-state index contributed by atoms with van der Waals surface area (Å²) >= 11 is 1.97. The molecule has 2 unspecified atom stereocenters. The van der Waals surface area contributed by atoms with Crippen LogP contribution < -0.4 is 5.32 Å². The molecule has 21 heavy (non-hydrogen) atoms. The lowest BCUT2D eigenvalue weighted by Crippen LogP contribution is -2.52. The van der Waals surface area contributed by atoms with Gasteiger partial charge in [0.15, 0.2) is 0 Å². The van der Waals surface area contributed by atoms with E-state index in [1.807, 2.05) is 18.7 Å². The molecule has 2 rings (SSSR count). The first-order chi connectivity index (χ1) is 10.2. The third-order valence-electron chi connectivity index (χ3n) is 4.96. The van der Waals surface area contributed by atoms with Crippen LogP contribution >= 0.6 is 11.8 Å². The number of thioether (sulfide) groups is 1. The van der Waals surface area contributed by atoms with E-state index in [-0.39, 0.29) is 24.6 Å². The molecular weight excluding hydrogens is 284 g/mol. The van der Waals surface area contributed by atoms with Crippen molar-refractivity contribution in [2.75, 3.05) is 31.2 Å². The van der Waals surface area contributed by atoms with Gasteiger partial charge in [0.2, 0.25) is 5.91 Å². The maximum atomic E-state index is 12.5. The summed E-state index contributed by atoms with van der Waals surface area (Å²) < 4.78 is 0. The molecule has 1 aliphatic heterocycles. The molecule has 0 aromatic carbocycles. The average Bonchev–Trinajstić information content (AvgIpc) is 2.55. The van der Waals surface area contributed by atoms with E-state index >= 15 is 0 Å². The Hall–Kier alpha value is -0.260. The number of aliphatic hydroxyl groups excluding tert-OH is 1. The summed E-state index contributed by atoms with van der Waals surface area (Å²) in [5.41, 5.74) is 0. The molecule has 0 bridgehead atoms. The maximum absolute atomic E-state index is 12.5. The van der Waals surface area contributed by atoms with E-state index < -0.39 is 0 Å². The van der Waals surface area contributed by atoms with E-state index in [1.165, 1.54) is 32.1 Å². The SMILES string of the molecule is CC(C(=O)NC(CCO)C1CCCCC1)N1CCSCC1. The lowest BCUT2D eigenvalue weighted by atomic mass is 9.82. The van der Waals surface area contributed by atoms with Crippen molar-refractivity contribution in [2.45, 2.75) is 57.5 Å². The van der Waals surface area contributed by atoms with Crippen LogP contribution in [0.3, 0.4) is 0 Å². The van der Waals surface area contributed by atoms with Crippen LogP contribution in [0.25, 0.3) is 0 Å². The standard InChI is InChI=1S/C16H30N2O2S/c1-13(18-8-11-21-12-9-18)16(20)17-15(7-10-19)14-5-3-2-4-6-14/h13-15,19H,2-12H2,1H3,(H,17,20). The van der Waals surface area contributed by atoms with Crippen LogP contribution in [0.2, 0.25) is 0 Å². The van der Waals surface area contributed by atoms with E-state index in [0.717, 1.165) is 24.6 Å². The predicted molar refractivity (Wildman–Crippen MR) is 88.6 cm³/mol. The zero-order valence-corrected chi connectivity index (χ0v) is 14.0. The summed E-state index contributed by atoms with van der Waals surface area (Å²) in [5.74, 6) is 2.95. The topological polar surface area (TPSA) is 52.6 Å². The second kappa shape index (κ2) is 9.01. The molecular formula is C16H30N2O2S. The van der Waals surface area contributed by atoms with Gasteiger partial charge in [0, 0.05) is 37.2 Å². The van der Waals surface area contributed by atoms with Crippen LogP contribution in [0.4, 0.5) is 0 Å². The van der Waals surface area contributed by atoms with Gasteiger partial charge in [0.05, 0.1) is 6.04 Å². The molecule has 2 atom stereocenters. The number of aliphatic hydroxyl groups is 1. The van der Waals surface area contributed by atoms with Crippen LogP contribution in [0.5, 0.6) is 0 Å².